The van der Waals surface area contributed by atoms with Crippen molar-refractivity contribution in [1.29, 1.82) is 0 Å². The summed E-state index contributed by atoms with van der Waals surface area (Å²) >= 11 is 10.9. The van der Waals surface area contributed by atoms with Crippen molar-refractivity contribution in [3.63, 3.8) is 0 Å². The number of carbonyl (C=O) groups excluding carboxylic acids is 1. The maximum absolute atomic E-state index is 11.9. The molecule has 1 aromatic carbocycles. The molecule has 0 aliphatic carbocycles. The summed E-state index contributed by atoms with van der Waals surface area (Å²) in [5, 5.41) is 5.76. The predicted octanol–water partition coefficient (Wildman–Crippen LogP) is 1.13. The molecule has 2 rings (SSSR count). The molecule has 0 spiro atoms. The van der Waals surface area contributed by atoms with Crippen molar-refractivity contribution in [2.75, 3.05) is 11.5 Å². The van der Waals surface area contributed by atoms with Crippen molar-refractivity contribution in [3.8, 4) is 0 Å². The van der Waals surface area contributed by atoms with Gasteiger partial charge in [0, 0.05) is 6.04 Å². The Labute approximate surface area is 127 Å². The normalized spacial score (nSPS) is 20.4. The Hall–Kier alpha value is -1.18. The molecule has 1 saturated heterocycles. The number of thiocarbonyl (C=S) groups is 1. The highest BCUT2D eigenvalue weighted by Gasteiger charge is 2.28. The van der Waals surface area contributed by atoms with E-state index in [-0.39, 0.29) is 22.7 Å². The molecule has 1 aromatic rings. The molecule has 0 radical (unpaired) electrons. The lowest BCUT2D eigenvalue weighted by Gasteiger charge is -2.14. The van der Waals surface area contributed by atoms with Crippen LogP contribution in [-0.4, -0.2) is 37.0 Å². The van der Waals surface area contributed by atoms with Gasteiger partial charge in [-0.25, -0.2) is 8.42 Å². The van der Waals surface area contributed by atoms with Crippen molar-refractivity contribution in [1.82, 2.24) is 10.6 Å². The molecule has 108 valence electrons. The first kappa shape index (κ1) is 15.2. The number of amides is 1. The Balaban J connectivity index is 1.92. The molecule has 1 heterocycles. The molecule has 2 N–H and O–H groups in total. The van der Waals surface area contributed by atoms with Gasteiger partial charge < -0.3 is 5.32 Å². The van der Waals surface area contributed by atoms with Crippen LogP contribution in [0.1, 0.15) is 16.8 Å². The highest BCUT2D eigenvalue weighted by atomic mass is 35.5. The van der Waals surface area contributed by atoms with Crippen LogP contribution in [0.25, 0.3) is 0 Å². The van der Waals surface area contributed by atoms with Gasteiger partial charge in [-0.05, 0) is 30.8 Å². The molecule has 8 heteroatoms. The second kappa shape index (κ2) is 6.07. The van der Waals surface area contributed by atoms with Gasteiger partial charge in [-0.2, -0.15) is 0 Å². The molecule has 0 unspecified atom stereocenters. The molecule has 1 amide bonds. The Kier molecular flexibility index (Phi) is 4.62. The highest BCUT2D eigenvalue weighted by molar-refractivity contribution is 7.91. The molecule has 1 aliphatic rings. The van der Waals surface area contributed by atoms with Crippen LogP contribution in [0.15, 0.2) is 24.3 Å². The van der Waals surface area contributed by atoms with Crippen LogP contribution in [0.4, 0.5) is 0 Å². The fourth-order valence-electron chi connectivity index (χ4n) is 1.95. The van der Waals surface area contributed by atoms with Crippen LogP contribution in [-0.2, 0) is 9.84 Å². The molecule has 1 fully saturated rings. The number of rotatable bonds is 2. The summed E-state index contributed by atoms with van der Waals surface area (Å²) < 4.78 is 22.6. The van der Waals surface area contributed by atoms with Crippen LogP contribution in [0.5, 0.6) is 0 Å². The van der Waals surface area contributed by atoms with Gasteiger partial charge in [0.15, 0.2) is 14.9 Å². The molecule has 20 heavy (non-hydrogen) atoms. The monoisotopic (exact) mass is 332 g/mol. The van der Waals surface area contributed by atoms with E-state index < -0.39 is 15.7 Å². The van der Waals surface area contributed by atoms with Crippen molar-refractivity contribution < 1.29 is 13.2 Å². The van der Waals surface area contributed by atoms with Crippen molar-refractivity contribution >= 4 is 44.7 Å². The molecular formula is C12H13ClN2O3S2. The third-order valence-corrected chi connectivity index (χ3v) is 5.23. The summed E-state index contributed by atoms with van der Waals surface area (Å²) in [6.45, 7) is 0. The molecule has 1 atom stereocenters. The van der Waals surface area contributed by atoms with Gasteiger partial charge in [-0.15, -0.1) is 0 Å². The summed E-state index contributed by atoms with van der Waals surface area (Å²) in [6, 6.07) is 6.36. The largest absolute Gasteiger partial charge is 0.359 e. The fraction of sp³-hybridized carbons (Fsp3) is 0.333. The van der Waals surface area contributed by atoms with Crippen molar-refractivity contribution in [3.05, 3.63) is 34.9 Å². The first-order valence-electron chi connectivity index (χ1n) is 5.94. The van der Waals surface area contributed by atoms with Gasteiger partial charge in [-0.1, -0.05) is 23.7 Å². The number of nitrogens with one attached hydrogen (secondary N) is 2. The summed E-state index contributed by atoms with van der Waals surface area (Å²) in [5.74, 6) is -0.241. The van der Waals surface area contributed by atoms with Gasteiger partial charge in [0.1, 0.15) is 0 Å². The number of hydrogen-bond donors (Lipinski definition) is 2. The van der Waals surface area contributed by atoms with Gasteiger partial charge in [-0.3, -0.25) is 10.1 Å². The van der Waals surface area contributed by atoms with Crippen LogP contribution < -0.4 is 10.6 Å². The zero-order valence-corrected chi connectivity index (χ0v) is 12.8. The average molecular weight is 333 g/mol. The first-order valence-corrected chi connectivity index (χ1v) is 8.55. The number of benzene rings is 1. The van der Waals surface area contributed by atoms with E-state index in [1.807, 2.05) is 0 Å². The summed E-state index contributed by atoms with van der Waals surface area (Å²) in [5.41, 5.74) is 0.317. The van der Waals surface area contributed by atoms with E-state index in [0.717, 1.165) is 0 Å². The maximum Gasteiger partial charge on any atom is 0.258 e. The Morgan fingerprint density at radius 2 is 2.05 bits per heavy atom. The fourth-order valence-corrected chi connectivity index (χ4v) is 4.10. The number of hydrogen-bond acceptors (Lipinski definition) is 4. The van der Waals surface area contributed by atoms with Crippen LogP contribution in [0.2, 0.25) is 5.02 Å². The van der Waals surface area contributed by atoms with Crippen LogP contribution in [0.3, 0.4) is 0 Å². The molecular weight excluding hydrogens is 320 g/mol. The zero-order chi connectivity index (χ0) is 14.8. The number of carbonyl (C=O) groups is 1. The minimum Gasteiger partial charge on any atom is -0.359 e. The molecule has 0 aromatic heterocycles. The molecule has 0 bridgehead atoms. The predicted molar refractivity (Wildman–Crippen MR) is 81.7 cm³/mol. The van der Waals surface area contributed by atoms with E-state index in [9.17, 15) is 13.2 Å². The average Bonchev–Trinajstić information content (AvgIpc) is 2.68. The Bertz CT molecular complexity index is 646. The minimum absolute atomic E-state index is 0.0368. The second-order valence-corrected chi connectivity index (χ2v) is 7.55. The zero-order valence-electron chi connectivity index (χ0n) is 10.4. The smallest absolute Gasteiger partial charge is 0.258 e. The van der Waals surface area contributed by atoms with Gasteiger partial charge in [0.05, 0.1) is 22.1 Å². The maximum atomic E-state index is 11.9. The van der Waals surface area contributed by atoms with E-state index in [0.29, 0.717) is 17.0 Å². The highest BCUT2D eigenvalue weighted by Crippen LogP contribution is 2.14. The summed E-state index contributed by atoms with van der Waals surface area (Å²) in [7, 11) is -2.98. The topological polar surface area (TPSA) is 75.3 Å². The lowest BCUT2D eigenvalue weighted by Crippen LogP contribution is -2.44. The van der Waals surface area contributed by atoms with E-state index in [2.05, 4.69) is 10.6 Å². The quantitative estimate of drug-likeness (QED) is 0.794. The molecule has 5 nitrogen and oxygen atoms in total. The van der Waals surface area contributed by atoms with Crippen LogP contribution in [0, 0.1) is 0 Å². The van der Waals surface area contributed by atoms with E-state index in [1.165, 1.54) is 0 Å². The third kappa shape index (κ3) is 3.91. The second-order valence-electron chi connectivity index (χ2n) is 4.51. The first-order chi connectivity index (χ1) is 9.37. The SMILES string of the molecule is O=C(NC(=S)N[C@@H]1CCS(=O)(=O)C1)c1ccccc1Cl. The van der Waals surface area contributed by atoms with Gasteiger partial charge in [0.25, 0.3) is 5.91 Å². The van der Waals surface area contributed by atoms with E-state index in [1.54, 1.807) is 24.3 Å². The Morgan fingerprint density at radius 3 is 2.65 bits per heavy atom. The summed E-state index contributed by atoms with van der Waals surface area (Å²) in [4.78, 5) is 11.9. The van der Waals surface area contributed by atoms with Crippen molar-refractivity contribution in [2.24, 2.45) is 0 Å². The Morgan fingerprint density at radius 1 is 1.35 bits per heavy atom. The minimum atomic E-state index is -2.98. The molecule has 0 saturated carbocycles. The van der Waals surface area contributed by atoms with E-state index in [4.69, 9.17) is 23.8 Å². The van der Waals surface area contributed by atoms with Gasteiger partial charge >= 0.3 is 0 Å². The standard InChI is InChI=1S/C12H13ClN2O3S2/c13-10-4-2-1-3-9(10)11(16)15-12(19)14-8-5-6-20(17,18)7-8/h1-4,8H,5-7H2,(H2,14,15,16,19)/t8-/m1/s1. The van der Waals surface area contributed by atoms with E-state index >= 15 is 0 Å². The lowest BCUT2D eigenvalue weighted by molar-refractivity contribution is 0.0976. The third-order valence-electron chi connectivity index (χ3n) is 2.91. The number of halogens is 1. The number of sulfone groups is 1. The summed E-state index contributed by atoms with van der Waals surface area (Å²) in [6.07, 6.45) is 0.491. The van der Waals surface area contributed by atoms with Crippen LogP contribution >= 0.6 is 23.8 Å². The molecule has 1 aliphatic heterocycles. The van der Waals surface area contributed by atoms with Gasteiger partial charge in [0.2, 0.25) is 0 Å². The lowest BCUT2D eigenvalue weighted by atomic mass is 10.2. The van der Waals surface area contributed by atoms with Crippen molar-refractivity contribution in [2.45, 2.75) is 12.5 Å².